The zero-order chi connectivity index (χ0) is 24.7. The minimum atomic E-state index is -0.982. The lowest BCUT2D eigenvalue weighted by molar-refractivity contribution is -0.141. The molecule has 1 aliphatic carbocycles. The van der Waals surface area contributed by atoms with E-state index in [0.717, 1.165) is 51.5 Å². The second kappa shape index (κ2) is 12.5. The number of aliphatic carboxylic acids is 1. The molecule has 0 bridgehead atoms. The van der Waals surface area contributed by atoms with E-state index in [-0.39, 0.29) is 47.3 Å². The Balaban J connectivity index is 2.28. The number of nitrogens with one attached hydrogen (secondary N) is 1. The third kappa shape index (κ3) is 7.29. The van der Waals surface area contributed by atoms with Crippen molar-refractivity contribution in [2.45, 2.75) is 110 Å². The Bertz CT molecular complexity index is 712. The summed E-state index contributed by atoms with van der Waals surface area (Å²) in [5.74, 6) is -0.976. The molecule has 33 heavy (non-hydrogen) atoms. The molecule has 0 aromatic rings. The molecule has 0 aromatic heterocycles. The van der Waals surface area contributed by atoms with E-state index in [1.54, 1.807) is 24.9 Å². The summed E-state index contributed by atoms with van der Waals surface area (Å²) in [7, 11) is 1.74. The van der Waals surface area contributed by atoms with Gasteiger partial charge in [-0.2, -0.15) is 0 Å². The highest BCUT2D eigenvalue weighted by molar-refractivity contribution is 5.90. The lowest BCUT2D eigenvalue weighted by Crippen LogP contribution is -2.59. The number of hydrogen-bond acceptors (Lipinski definition) is 4. The number of carbonyl (C=O) groups is 3. The van der Waals surface area contributed by atoms with Crippen LogP contribution in [-0.2, 0) is 14.4 Å². The van der Waals surface area contributed by atoms with Crippen LogP contribution in [-0.4, -0.2) is 70.4 Å². The van der Waals surface area contributed by atoms with E-state index in [0.29, 0.717) is 0 Å². The number of carboxylic acids is 1. The summed E-state index contributed by atoms with van der Waals surface area (Å²) in [6.07, 6.45) is 9.77. The van der Waals surface area contributed by atoms with Gasteiger partial charge in [-0.25, -0.2) is 4.79 Å². The Morgan fingerprint density at radius 2 is 1.61 bits per heavy atom. The predicted molar refractivity (Wildman–Crippen MR) is 131 cm³/mol. The first-order valence-electron chi connectivity index (χ1n) is 12.8. The fourth-order valence-corrected chi connectivity index (χ4v) is 5.40. The summed E-state index contributed by atoms with van der Waals surface area (Å²) in [5.41, 5.74) is 0.224. The standard InChI is InChI=1S/C26H45N3O4/c1-17(2)22(16-19(5)26(32)33)28(6)25(31)23(20-12-8-7-9-13-20)27-24(30)21-14-10-11-15-29(21)18(3)4/h16-18,20-23H,7-15H2,1-6H3,(H,27,30)(H,32,33)/b19-16+/t21-,22-,23+/m1/s1. The Morgan fingerprint density at radius 1 is 1.00 bits per heavy atom. The Kier molecular flexibility index (Phi) is 10.4. The second-order valence-electron chi connectivity index (χ2n) is 10.6. The average Bonchev–Trinajstić information content (AvgIpc) is 2.79. The Labute approximate surface area is 200 Å². The first kappa shape index (κ1) is 27.4. The van der Waals surface area contributed by atoms with Gasteiger partial charge >= 0.3 is 5.97 Å². The van der Waals surface area contributed by atoms with Crippen molar-refractivity contribution in [1.82, 2.24) is 15.1 Å². The number of rotatable bonds is 9. The summed E-state index contributed by atoms with van der Waals surface area (Å²) in [5, 5.41) is 12.5. The topological polar surface area (TPSA) is 90.0 Å². The molecule has 1 saturated carbocycles. The van der Waals surface area contributed by atoms with E-state index in [4.69, 9.17) is 0 Å². The maximum absolute atomic E-state index is 13.8. The van der Waals surface area contributed by atoms with Crippen molar-refractivity contribution in [1.29, 1.82) is 0 Å². The highest BCUT2D eigenvalue weighted by Gasteiger charge is 2.38. The van der Waals surface area contributed by atoms with Crippen LogP contribution < -0.4 is 5.32 Å². The van der Waals surface area contributed by atoms with E-state index in [1.807, 2.05) is 13.8 Å². The van der Waals surface area contributed by atoms with Crippen LogP contribution in [0.3, 0.4) is 0 Å². The normalized spacial score (nSPS) is 22.8. The monoisotopic (exact) mass is 463 g/mol. The van der Waals surface area contributed by atoms with Crippen molar-refractivity contribution >= 4 is 17.8 Å². The van der Waals surface area contributed by atoms with Crippen LogP contribution in [0, 0.1) is 11.8 Å². The van der Waals surface area contributed by atoms with Crippen molar-refractivity contribution in [3.05, 3.63) is 11.6 Å². The Morgan fingerprint density at radius 3 is 2.15 bits per heavy atom. The van der Waals surface area contributed by atoms with Crippen molar-refractivity contribution in [3.63, 3.8) is 0 Å². The molecule has 1 saturated heterocycles. The third-order valence-corrected chi connectivity index (χ3v) is 7.43. The molecule has 2 fully saturated rings. The Hall–Kier alpha value is -1.89. The summed E-state index contributed by atoms with van der Waals surface area (Å²) >= 11 is 0. The molecule has 7 nitrogen and oxygen atoms in total. The van der Waals surface area contributed by atoms with Gasteiger partial charge in [0, 0.05) is 18.7 Å². The minimum Gasteiger partial charge on any atom is -0.478 e. The molecule has 0 aromatic carbocycles. The molecule has 0 spiro atoms. The number of piperidine rings is 1. The summed E-state index contributed by atoms with van der Waals surface area (Å²) in [4.78, 5) is 42.6. The van der Waals surface area contributed by atoms with Crippen molar-refractivity contribution in [2.75, 3.05) is 13.6 Å². The van der Waals surface area contributed by atoms with E-state index in [2.05, 4.69) is 24.1 Å². The van der Waals surface area contributed by atoms with Crippen LogP contribution >= 0.6 is 0 Å². The largest absolute Gasteiger partial charge is 0.478 e. The molecule has 0 radical (unpaired) electrons. The highest BCUT2D eigenvalue weighted by Crippen LogP contribution is 2.29. The van der Waals surface area contributed by atoms with Gasteiger partial charge in [-0.3, -0.25) is 14.5 Å². The summed E-state index contributed by atoms with van der Waals surface area (Å²) in [6, 6.07) is -0.836. The third-order valence-electron chi connectivity index (χ3n) is 7.43. The summed E-state index contributed by atoms with van der Waals surface area (Å²) in [6.45, 7) is 10.7. The summed E-state index contributed by atoms with van der Waals surface area (Å²) < 4.78 is 0. The van der Waals surface area contributed by atoms with Gasteiger partial charge in [-0.05, 0) is 64.8 Å². The average molecular weight is 464 g/mol. The first-order valence-corrected chi connectivity index (χ1v) is 12.8. The molecule has 2 N–H and O–H groups in total. The van der Waals surface area contributed by atoms with Crippen molar-refractivity contribution < 1.29 is 19.5 Å². The maximum atomic E-state index is 13.8. The van der Waals surface area contributed by atoms with Gasteiger partial charge in [0.25, 0.3) is 0 Å². The number of nitrogens with zero attached hydrogens (tertiary/aromatic N) is 2. The molecule has 1 aliphatic heterocycles. The van der Waals surface area contributed by atoms with Crippen LogP contribution in [0.4, 0.5) is 0 Å². The fourth-order valence-electron chi connectivity index (χ4n) is 5.40. The van der Waals surface area contributed by atoms with Gasteiger partial charge in [-0.1, -0.05) is 45.6 Å². The predicted octanol–water partition coefficient (Wildman–Crippen LogP) is 3.83. The number of carboxylic acid groups (broad SMARTS) is 1. The van der Waals surface area contributed by atoms with Gasteiger partial charge in [0.2, 0.25) is 11.8 Å². The van der Waals surface area contributed by atoms with Gasteiger partial charge in [-0.15, -0.1) is 0 Å². The zero-order valence-electron chi connectivity index (χ0n) is 21.5. The quantitative estimate of drug-likeness (QED) is 0.507. The molecule has 2 aliphatic rings. The molecule has 3 atom stereocenters. The molecule has 188 valence electrons. The second-order valence-corrected chi connectivity index (χ2v) is 10.6. The van der Waals surface area contributed by atoms with Gasteiger partial charge in [0.05, 0.1) is 12.1 Å². The van der Waals surface area contributed by atoms with Crippen LogP contribution in [0.25, 0.3) is 0 Å². The zero-order valence-corrected chi connectivity index (χ0v) is 21.5. The first-order chi connectivity index (χ1) is 15.5. The van der Waals surface area contributed by atoms with E-state index in [9.17, 15) is 19.5 Å². The van der Waals surface area contributed by atoms with E-state index in [1.165, 1.54) is 6.42 Å². The molecule has 1 heterocycles. The van der Waals surface area contributed by atoms with Crippen LogP contribution in [0.5, 0.6) is 0 Å². The number of likely N-dealkylation sites (tertiary alicyclic amines) is 1. The lowest BCUT2D eigenvalue weighted by Gasteiger charge is -2.40. The number of likely N-dealkylation sites (N-methyl/N-ethyl adjacent to an activating group) is 1. The molecule has 7 heteroatoms. The smallest absolute Gasteiger partial charge is 0.331 e. The van der Waals surface area contributed by atoms with Gasteiger partial charge < -0.3 is 15.3 Å². The SMILES string of the molecule is C/C(=C\[C@H](C(C)C)N(C)C(=O)[C@@H](NC(=O)[C@H]1CCCCN1C(C)C)C1CCCCC1)C(=O)O. The number of carbonyl (C=O) groups excluding carboxylic acids is 2. The highest BCUT2D eigenvalue weighted by atomic mass is 16.4. The lowest BCUT2D eigenvalue weighted by atomic mass is 9.82. The molecular weight excluding hydrogens is 418 g/mol. The molecule has 2 amide bonds. The fraction of sp³-hybridized carbons (Fsp3) is 0.808. The van der Waals surface area contributed by atoms with Crippen molar-refractivity contribution in [2.24, 2.45) is 11.8 Å². The maximum Gasteiger partial charge on any atom is 0.331 e. The van der Waals surface area contributed by atoms with E-state index < -0.39 is 12.0 Å². The number of amides is 2. The molecular formula is C26H45N3O4. The number of hydrogen-bond donors (Lipinski definition) is 2. The van der Waals surface area contributed by atoms with Gasteiger partial charge in [0.1, 0.15) is 6.04 Å². The minimum absolute atomic E-state index is 0.0425. The molecule has 2 rings (SSSR count). The van der Waals surface area contributed by atoms with Crippen molar-refractivity contribution in [3.8, 4) is 0 Å². The van der Waals surface area contributed by atoms with Crippen LogP contribution in [0.1, 0.15) is 86.0 Å². The van der Waals surface area contributed by atoms with Crippen LogP contribution in [0.2, 0.25) is 0 Å². The van der Waals surface area contributed by atoms with Crippen LogP contribution in [0.15, 0.2) is 11.6 Å². The van der Waals surface area contributed by atoms with Gasteiger partial charge in [0.15, 0.2) is 0 Å². The molecule has 0 unspecified atom stereocenters. The van der Waals surface area contributed by atoms with E-state index >= 15 is 0 Å².